The molecule has 0 atom stereocenters. The predicted octanol–water partition coefficient (Wildman–Crippen LogP) is 3.26. The molecule has 2 amide bonds. The van der Waals surface area contributed by atoms with Gasteiger partial charge in [0, 0.05) is 30.5 Å². The third-order valence-corrected chi connectivity index (χ3v) is 8.50. The number of nitrogens with one attached hydrogen (secondary N) is 1. The molecule has 1 aliphatic rings. The largest absolute Gasteiger partial charge is 0.364 e. The highest BCUT2D eigenvalue weighted by atomic mass is 32.2. The molecule has 1 aliphatic heterocycles. The van der Waals surface area contributed by atoms with E-state index in [9.17, 15) is 18.0 Å². The van der Waals surface area contributed by atoms with E-state index in [-0.39, 0.29) is 16.2 Å². The van der Waals surface area contributed by atoms with Crippen molar-refractivity contribution in [3.05, 3.63) is 71.0 Å². The van der Waals surface area contributed by atoms with Gasteiger partial charge >= 0.3 is 0 Å². The number of carbonyl (C=O) groups excluding carboxylic acids is 2. The molecule has 0 spiro atoms. The molecule has 10 heteroatoms. The summed E-state index contributed by atoms with van der Waals surface area (Å²) in [6.07, 6.45) is 3.28. The molecule has 1 aromatic heterocycles. The Balaban J connectivity index is 1.55. The standard InChI is InChI=1S/C25H29N5O4S/c1-16-8-11-29(12-9-16)35(33,34)23-15-19(14-17(2)18(23)3)25(32)27-20-4-6-21(7-5-20)30-13-10-22(28-30)24(26)31/h4-7,10,13-16H,8-9,11-12H2,1-3H3,(H2,26,31)(H,27,32). The third-order valence-electron chi connectivity index (χ3n) is 6.47. The van der Waals surface area contributed by atoms with Crippen molar-refractivity contribution in [2.45, 2.75) is 38.5 Å². The zero-order valence-electron chi connectivity index (χ0n) is 20.0. The van der Waals surface area contributed by atoms with E-state index in [0.29, 0.717) is 35.9 Å². The minimum absolute atomic E-state index is 0.155. The molecule has 9 nitrogen and oxygen atoms in total. The molecule has 4 rings (SSSR count). The third kappa shape index (κ3) is 5.13. The van der Waals surface area contributed by atoms with Crippen molar-refractivity contribution < 1.29 is 18.0 Å². The highest BCUT2D eigenvalue weighted by Crippen LogP contribution is 2.28. The van der Waals surface area contributed by atoms with Gasteiger partial charge in [0.05, 0.1) is 10.6 Å². The Bertz CT molecular complexity index is 1370. The van der Waals surface area contributed by atoms with Crippen molar-refractivity contribution >= 4 is 27.5 Å². The summed E-state index contributed by atoms with van der Waals surface area (Å²) in [5.74, 6) is -0.511. The lowest BCUT2D eigenvalue weighted by atomic mass is 10.0. The molecule has 184 valence electrons. The Morgan fingerprint density at radius 2 is 1.71 bits per heavy atom. The van der Waals surface area contributed by atoms with Crippen LogP contribution in [0.4, 0.5) is 5.69 Å². The van der Waals surface area contributed by atoms with Crippen LogP contribution in [-0.2, 0) is 10.0 Å². The van der Waals surface area contributed by atoms with Gasteiger partial charge < -0.3 is 11.1 Å². The lowest BCUT2D eigenvalue weighted by Crippen LogP contribution is -2.38. The maximum Gasteiger partial charge on any atom is 0.269 e. The minimum Gasteiger partial charge on any atom is -0.364 e. The Morgan fingerprint density at radius 1 is 1.06 bits per heavy atom. The molecule has 1 fully saturated rings. The van der Waals surface area contributed by atoms with Crippen LogP contribution in [0.5, 0.6) is 0 Å². The van der Waals surface area contributed by atoms with Gasteiger partial charge in [-0.3, -0.25) is 9.59 Å². The second-order valence-electron chi connectivity index (χ2n) is 9.01. The van der Waals surface area contributed by atoms with Gasteiger partial charge in [-0.15, -0.1) is 0 Å². The lowest BCUT2D eigenvalue weighted by Gasteiger charge is -2.30. The van der Waals surface area contributed by atoms with E-state index in [2.05, 4.69) is 17.3 Å². The zero-order chi connectivity index (χ0) is 25.3. The molecule has 0 bridgehead atoms. The number of sulfonamides is 1. The van der Waals surface area contributed by atoms with Crippen molar-refractivity contribution in [2.75, 3.05) is 18.4 Å². The number of hydrogen-bond donors (Lipinski definition) is 2. The van der Waals surface area contributed by atoms with Crippen molar-refractivity contribution in [1.29, 1.82) is 0 Å². The van der Waals surface area contributed by atoms with Crippen molar-refractivity contribution in [2.24, 2.45) is 11.7 Å². The van der Waals surface area contributed by atoms with Gasteiger partial charge in [0.1, 0.15) is 5.69 Å². The van der Waals surface area contributed by atoms with Gasteiger partial charge in [-0.05, 0) is 86.2 Å². The number of rotatable bonds is 6. The molecular weight excluding hydrogens is 466 g/mol. The van der Waals surface area contributed by atoms with Crippen LogP contribution in [0.1, 0.15) is 51.7 Å². The summed E-state index contributed by atoms with van der Waals surface area (Å²) in [5.41, 5.74) is 8.28. The fourth-order valence-corrected chi connectivity index (χ4v) is 5.88. The maximum absolute atomic E-state index is 13.4. The van der Waals surface area contributed by atoms with Crippen molar-refractivity contribution in [1.82, 2.24) is 14.1 Å². The number of carbonyl (C=O) groups is 2. The number of nitrogens with zero attached hydrogens (tertiary/aromatic N) is 3. The molecule has 1 saturated heterocycles. The molecule has 2 heterocycles. The number of anilines is 1. The first-order valence-corrected chi connectivity index (χ1v) is 12.9. The average molecular weight is 496 g/mol. The van der Waals surface area contributed by atoms with E-state index in [4.69, 9.17) is 5.73 Å². The minimum atomic E-state index is -3.70. The van der Waals surface area contributed by atoms with Crippen LogP contribution in [0.3, 0.4) is 0 Å². The van der Waals surface area contributed by atoms with Crippen LogP contribution in [0.25, 0.3) is 5.69 Å². The van der Waals surface area contributed by atoms with Crippen LogP contribution in [0, 0.1) is 19.8 Å². The number of amides is 2. The highest BCUT2D eigenvalue weighted by molar-refractivity contribution is 7.89. The number of piperidine rings is 1. The molecule has 0 aliphatic carbocycles. The SMILES string of the molecule is Cc1cc(C(=O)Nc2ccc(-n3ccc(C(N)=O)n3)cc2)cc(S(=O)(=O)N2CCC(C)CC2)c1C. The first-order valence-electron chi connectivity index (χ1n) is 11.4. The van der Waals surface area contributed by atoms with E-state index in [1.165, 1.54) is 21.1 Å². The number of nitrogens with two attached hydrogens (primary N) is 1. The van der Waals surface area contributed by atoms with Gasteiger partial charge in [0.25, 0.3) is 11.8 Å². The van der Waals surface area contributed by atoms with Crippen molar-refractivity contribution in [3.63, 3.8) is 0 Å². The first kappa shape index (κ1) is 24.6. The quantitative estimate of drug-likeness (QED) is 0.543. The van der Waals surface area contributed by atoms with E-state index in [1.54, 1.807) is 43.5 Å². The van der Waals surface area contributed by atoms with Gasteiger partial charge in [-0.1, -0.05) is 6.92 Å². The second-order valence-corrected chi connectivity index (χ2v) is 10.9. The number of hydrogen-bond acceptors (Lipinski definition) is 5. The number of primary amides is 1. The van der Waals surface area contributed by atoms with E-state index < -0.39 is 21.8 Å². The monoisotopic (exact) mass is 495 g/mol. The summed E-state index contributed by atoms with van der Waals surface area (Å²) in [5, 5.41) is 6.93. The number of aromatic nitrogens is 2. The summed E-state index contributed by atoms with van der Waals surface area (Å²) < 4.78 is 29.8. The van der Waals surface area contributed by atoms with Crippen LogP contribution in [-0.4, -0.2) is 47.4 Å². The van der Waals surface area contributed by atoms with Gasteiger partial charge in [-0.25, -0.2) is 13.1 Å². The van der Waals surface area contributed by atoms with Gasteiger partial charge in [-0.2, -0.15) is 9.40 Å². The zero-order valence-corrected chi connectivity index (χ0v) is 20.8. The summed E-state index contributed by atoms with van der Waals surface area (Å²) in [6, 6.07) is 11.6. The van der Waals surface area contributed by atoms with Crippen LogP contribution in [0.15, 0.2) is 53.6 Å². The summed E-state index contributed by atoms with van der Waals surface area (Å²) in [7, 11) is -3.70. The Morgan fingerprint density at radius 3 is 2.31 bits per heavy atom. The Labute approximate surface area is 205 Å². The summed E-state index contributed by atoms with van der Waals surface area (Å²) in [4.78, 5) is 24.4. The molecular formula is C25H29N5O4S. The number of aryl methyl sites for hydroxylation is 1. The first-order chi connectivity index (χ1) is 16.6. The second kappa shape index (κ2) is 9.63. The normalized spacial score (nSPS) is 15.2. The van der Waals surface area contributed by atoms with E-state index in [1.807, 2.05) is 6.92 Å². The fraction of sp³-hybridized carbons (Fsp3) is 0.320. The Hall–Kier alpha value is -3.50. The molecule has 3 aromatic rings. The van der Waals surface area contributed by atoms with Gasteiger partial charge in [0.15, 0.2) is 0 Å². The maximum atomic E-state index is 13.4. The van der Waals surface area contributed by atoms with Crippen LogP contribution < -0.4 is 11.1 Å². The molecule has 3 N–H and O–H groups in total. The Kier molecular flexibility index (Phi) is 6.77. The predicted molar refractivity (Wildman–Crippen MR) is 133 cm³/mol. The van der Waals surface area contributed by atoms with E-state index >= 15 is 0 Å². The highest BCUT2D eigenvalue weighted by Gasteiger charge is 2.30. The molecule has 0 radical (unpaired) electrons. The van der Waals surface area contributed by atoms with Crippen molar-refractivity contribution in [3.8, 4) is 5.69 Å². The molecule has 2 aromatic carbocycles. The topological polar surface area (TPSA) is 127 Å². The average Bonchev–Trinajstić information content (AvgIpc) is 3.32. The smallest absolute Gasteiger partial charge is 0.269 e. The lowest BCUT2D eigenvalue weighted by molar-refractivity contribution is 0.0993. The van der Waals surface area contributed by atoms with E-state index in [0.717, 1.165) is 18.4 Å². The van der Waals surface area contributed by atoms with Crippen LogP contribution in [0.2, 0.25) is 0 Å². The fourth-order valence-electron chi connectivity index (χ4n) is 4.09. The summed E-state index contributed by atoms with van der Waals surface area (Å²) in [6.45, 7) is 6.69. The molecule has 0 saturated carbocycles. The molecule has 35 heavy (non-hydrogen) atoms. The van der Waals surface area contributed by atoms with Crippen LogP contribution >= 0.6 is 0 Å². The molecule has 0 unspecified atom stereocenters. The van der Waals surface area contributed by atoms with Gasteiger partial charge in [0.2, 0.25) is 10.0 Å². The summed E-state index contributed by atoms with van der Waals surface area (Å²) >= 11 is 0. The number of benzene rings is 2.